The summed E-state index contributed by atoms with van der Waals surface area (Å²) in [6, 6.07) is 5.24. The number of thiophene rings is 1. The highest BCUT2D eigenvalue weighted by molar-refractivity contribution is 7.09. The average molecular weight is 398 g/mol. The normalized spacial score (nSPS) is 14.6. The van der Waals surface area contributed by atoms with Crippen molar-refractivity contribution in [3.63, 3.8) is 0 Å². The van der Waals surface area contributed by atoms with Crippen LogP contribution in [0.4, 0.5) is 10.6 Å². The minimum Gasteiger partial charge on any atom is -0.333 e. The Morgan fingerprint density at radius 3 is 2.68 bits per heavy atom. The first-order valence-corrected chi connectivity index (χ1v) is 9.59. The Bertz CT molecular complexity index is 992. The number of urea groups is 1. The molecule has 28 heavy (non-hydrogen) atoms. The van der Waals surface area contributed by atoms with E-state index < -0.39 is 5.91 Å². The molecular formula is C19H22N6O2S. The second-order valence-electron chi connectivity index (χ2n) is 7.36. The van der Waals surface area contributed by atoms with Gasteiger partial charge in [-0.05, 0) is 18.4 Å². The summed E-state index contributed by atoms with van der Waals surface area (Å²) >= 11 is 1.56. The number of hydrogen-bond acceptors (Lipinski definition) is 5. The molecule has 0 bridgehead atoms. The molecule has 2 aromatic heterocycles. The fraction of sp³-hybridized carbons (Fsp3) is 0.316. The Kier molecular flexibility index (Phi) is 5.28. The van der Waals surface area contributed by atoms with Crippen LogP contribution < -0.4 is 10.6 Å². The smallest absolute Gasteiger partial charge is 0.320 e. The van der Waals surface area contributed by atoms with Crippen molar-refractivity contribution in [3.05, 3.63) is 46.3 Å². The van der Waals surface area contributed by atoms with Gasteiger partial charge in [0.25, 0.3) is 11.9 Å². The lowest BCUT2D eigenvalue weighted by Gasteiger charge is -2.14. The maximum atomic E-state index is 12.4. The van der Waals surface area contributed by atoms with Gasteiger partial charge in [-0.15, -0.1) is 11.3 Å². The van der Waals surface area contributed by atoms with Gasteiger partial charge in [0.05, 0.1) is 23.5 Å². The molecular weight excluding hydrogens is 376 g/mol. The van der Waals surface area contributed by atoms with E-state index in [0.717, 1.165) is 10.6 Å². The number of rotatable bonds is 3. The summed E-state index contributed by atoms with van der Waals surface area (Å²) in [5.74, 6) is 0.00609. The minimum atomic E-state index is -0.469. The molecule has 0 aromatic carbocycles. The highest BCUT2D eigenvalue weighted by Crippen LogP contribution is 2.25. The standard InChI is InChI=1S/C19H22N6O2S/c1-11-12(2)21-17(23-16(11)26)25-15(9-14(24-25)19(3,4)5)22-18(27)20-10-13-7-6-8-28-13/h6-9H,1,10H2,2-5H3,(H2,20,22,27). The van der Waals surface area contributed by atoms with Crippen molar-refractivity contribution in [2.75, 3.05) is 5.32 Å². The van der Waals surface area contributed by atoms with Gasteiger partial charge in [-0.25, -0.2) is 9.79 Å². The van der Waals surface area contributed by atoms with Gasteiger partial charge < -0.3 is 5.32 Å². The Labute approximate surface area is 167 Å². The van der Waals surface area contributed by atoms with Crippen molar-refractivity contribution in [1.29, 1.82) is 0 Å². The molecule has 3 heterocycles. The number of hydrogen-bond donors (Lipinski definition) is 2. The molecule has 0 saturated carbocycles. The summed E-state index contributed by atoms with van der Waals surface area (Å²) in [7, 11) is 0. The van der Waals surface area contributed by atoms with Gasteiger partial charge in [-0.2, -0.15) is 14.8 Å². The molecule has 0 unspecified atom stereocenters. The zero-order chi connectivity index (χ0) is 20.5. The third-order valence-electron chi connectivity index (χ3n) is 4.08. The molecule has 1 aliphatic heterocycles. The average Bonchev–Trinajstić information content (AvgIpc) is 3.26. The minimum absolute atomic E-state index is 0.0963. The van der Waals surface area contributed by atoms with Gasteiger partial charge in [-0.3, -0.25) is 10.1 Å². The van der Waals surface area contributed by atoms with E-state index in [-0.39, 0.29) is 23.0 Å². The highest BCUT2D eigenvalue weighted by Gasteiger charge is 2.25. The molecule has 0 aliphatic carbocycles. The predicted octanol–water partition coefficient (Wildman–Crippen LogP) is 3.33. The summed E-state index contributed by atoms with van der Waals surface area (Å²) < 4.78 is 1.37. The molecule has 0 saturated heterocycles. The van der Waals surface area contributed by atoms with Crippen LogP contribution >= 0.6 is 11.3 Å². The number of carbonyl (C=O) groups excluding carboxylic acids is 2. The summed E-state index contributed by atoms with van der Waals surface area (Å²) in [5.41, 5.74) is 1.18. The van der Waals surface area contributed by atoms with E-state index in [9.17, 15) is 9.59 Å². The topological polar surface area (TPSA) is 101 Å². The zero-order valence-corrected chi connectivity index (χ0v) is 17.1. The van der Waals surface area contributed by atoms with Crippen molar-refractivity contribution in [2.24, 2.45) is 9.98 Å². The molecule has 8 nitrogen and oxygen atoms in total. The SMILES string of the molecule is C=C1C(=O)N=C(n2nc(C(C)(C)C)cc2NC(=O)NCc2cccs2)N=C1C. The number of nitrogens with one attached hydrogen (secondary N) is 2. The largest absolute Gasteiger partial charge is 0.333 e. The van der Waals surface area contributed by atoms with Crippen molar-refractivity contribution in [2.45, 2.75) is 39.7 Å². The number of carbonyl (C=O) groups is 2. The van der Waals surface area contributed by atoms with Crippen LogP contribution in [0.2, 0.25) is 0 Å². The van der Waals surface area contributed by atoms with Crippen LogP contribution in [0.25, 0.3) is 0 Å². The number of nitrogens with zero attached hydrogens (tertiary/aromatic N) is 4. The van der Waals surface area contributed by atoms with Gasteiger partial charge in [0.15, 0.2) is 0 Å². The fourth-order valence-corrected chi connectivity index (χ4v) is 3.03. The molecule has 0 fully saturated rings. The molecule has 3 rings (SSSR count). The van der Waals surface area contributed by atoms with E-state index >= 15 is 0 Å². The molecule has 2 aromatic rings. The number of aliphatic imine (C=N–C) groups is 2. The first-order chi connectivity index (χ1) is 13.1. The first kappa shape index (κ1) is 19.7. The van der Waals surface area contributed by atoms with Crippen LogP contribution in [0.5, 0.6) is 0 Å². The van der Waals surface area contributed by atoms with Gasteiger partial charge >= 0.3 is 6.03 Å². The molecule has 0 atom stereocenters. The van der Waals surface area contributed by atoms with Crippen molar-refractivity contribution < 1.29 is 9.59 Å². The van der Waals surface area contributed by atoms with E-state index in [4.69, 9.17) is 0 Å². The molecule has 0 radical (unpaired) electrons. The van der Waals surface area contributed by atoms with Crippen LogP contribution in [0.15, 0.2) is 45.7 Å². The monoisotopic (exact) mass is 398 g/mol. The Morgan fingerprint density at radius 1 is 1.32 bits per heavy atom. The van der Waals surface area contributed by atoms with Crippen molar-refractivity contribution in [3.8, 4) is 0 Å². The molecule has 1 aliphatic rings. The van der Waals surface area contributed by atoms with Crippen LogP contribution in [0.3, 0.4) is 0 Å². The quantitative estimate of drug-likeness (QED) is 0.776. The second-order valence-corrected chi connectivity index (χ2v) is 8.39. The Morgan fingerprint density at radius 2 is 2.07 bits per heavy atom. The van der Waals surface area contributed by atoms with E-state index in [1.165, 1.54) is 4.68 Å². The lowest BCUT2D eigenvalue weighted by Crippen LogP contribution is -2.30. The molecule has 146 valence electrons. The summed E-state index contributed by atoms with van der Waals surface area (Å²) in [6.45, 7) is 11.8. The maximum Gasteiger partial charge on any atom is 0.320 e. The van der Waals surface area contributed by atoms with Gasteiger partial charge in [-0.1, -0.05) is 33.4 Å². The molecule has 2 N–H and O–H groups in total. The van der Waals surface area contributed by atoms with Gasteiger partial charge in [0, 0.05) is 16.4 Å². The molecule has 0 spiro atoms. The van der Waals surface area contributed by atoms with E-state index in [1.54, 1.807) is 24.3 Å². The zero-order valence-electron chi connectivity index (χ0n) is 16.2. The summed E-state index contributed by atoms with van der Waals surface area (Å²) in [5, 5.41) is 12.0. The van der Waals surface area contributed by atoms with Crippen LogP contribution in [0.1, 0.15) is 38.3 Å². The van der Waals surface area contributed by atoms with E-state index in [2.05, 4.69) is 32.3 Å². The van der Waals surface area contributed by atoms with Crippen molar-refractivity contribution >= 4 is 40.8 Å². The Balaban J connectivity index is 1.88. The van der Waals surface area contributed by atoms with Gasteiger partial charge in [0.2, 0.25) is 0 Å². The number of aromatic nitrogens is 2. The van der Waals surface area contributed by atoms with Crippen LogP contribution in [-0.4, -0.2) is 33.4 Å². The van der Waals surface area contributed by atoms with E-state index in [0.29, 0.717) is 18.1 Å². The maximum absolute atomic E-state index is 12.4. The predicted molar refractivity (Wildman–Crippen MR) is 111 cm³/mol. The Hall–Kier alpha value is -3.07. The lowest BCUT2D eigenvalue weighted by molar-refractivity contribution is -0.113. The van der Waals surface area contributed by atoms with E-state index in [1.807, 2.05) is 38.3 Å². The van der Waals surface area contributed by atoms with Gasteiger partial charge in [0.1, 0.15) is 5.82 Å². The fourth-order valence-electron chi connectivity index (χ4n) is 2.38. The lowest BCUT2D eigenvalue weighted by atomic mass is 9.92. The second kappa shape index (κ2) is 7.51. The van der Waals surface area contributed by atoms with Crippen LogP contribution in [0, 0.1) is 0 Å². The summed E-state index contributed by atoms with van der Waals surface area (Å²) in [4.78, 5) is 33.7. The highest BCUT2D eigenvalue weighted by atomic mass is 32.1. The number of amides is 3. The third-order valence-corrected chi connectivity index (χ3v) is 4.95. The third kappa shape index (κ3) is 4.25. The number of anilines is 1. The van der Waals surface area contributed by atoms with Crippen molar-refractivity contribution in [1.82, 2.24) is 15.1 Å². The molecule has 9 heteroatoms. The summed E-state index contributed by atoms with van der Waals surface area (Å²) in [6.07, 6.45) is 0. The van der Waals surface area contributed by atoms with Crippen LogP contribution in [-0.2, 0) is 16.8 Å². The first-order valence-electron chi connectivity index (χ1n) is 8.71. The molecule has 3 amide bonds.